The van der Waals surface area contributed by atoms with Crippen LogP contribution in [0.3, 0.4) is 0 Å². The van der Waals surface area contributed by atoms with E-state index in [1.54, 1.807) is 26.0 Å². The number of aromatic amines is 1. The van der Waals surface area contributed by atoms with Gasteiger partial charge in [0.2, 0.25) is 0 Å². The van der Waals surface area contributed by atoms with Crippen molar-refractivity contribution < 1.29 is 19.1 Å². The zero-order valence-electron chi connectivity index (χ0n) is 11.1. The van der Waals surface area contributed by atoms with E-state index in [1.165, 1.54) is 12.3 Å². The first-order valence-corrected chi connectivity index (χ1v) is 6.12. The molecule has 3 N–H and O–H groups in total. The Hall–Kier alpha value is -2.57. The van der Waals surface area contributed by atoms with Crippen molar-refractivity contribution in [1.29, 1.82) is 0 Å². The number of nitrogens with one attached hydrogen (secondary N) is 2. The van der Waals surface area contributed by atoms with E-state index in [4.69, 9.17) is 9.52 Å². The number of H-pyrrole nitrogens is 1. The predicted octanol–water partition coefficient (Wildman–Crippen LogP) is 1.51. The van der Waals surface area contributed by atoms with Gasteiger partial charge in [0.25, 0.3) is 5.91 Å². The molecule has 0 fully saturated rings. The highest BCUT2D eigenvalue weighted by Gasteiger charge is 2.25. The maximum absolute atomic E-state index is 12.0. The molecule has 0 saturated heterocycles. The highest BCUT2D eigenvalue weighted by molar-refractivity contribution is 5.95. The number of hydrogen-bond acceptors (Lipinski definition) is 4. The van der Waals surface area contributed by atoms with Crippen LogP contribution in [0.15, 0.2) is 28.9 Å². The van der Waals surface area contributed by atoms with Gasteiger partial charge < -0.3 is 14.8 Å². The van der Waals surface area contributed by atoms with Crippen LogP contribution in [-0.4, -0.2) is 33.2 Å². The van der Waals surface area contributed by atoms with Crippen molar-refractivity contribution in [2.24, 2.45) is 5.92 Å². The van der Waals surface area contributed by atoms with E-state index in [1.807, 2.05) is 0 Å². The van der Waals surface area contributed by atoms with Gasteiger partial charge in [-0.1, -0.05) is 13.8 Å². The number of amides is 1. The number of aromatic nitrogens is 2. The summed E-state index contributed by atoms with van der Waals surface area (Å²) in [6, 6.07) is 4.00. The summed E-state index contributed by atoms with van der Waals surface area (Å²) in [5.41, 5.74) is 0.667. The highest BCUT2D eigenvalue weighted by atomic mass is 16.4. The van der Waals surface area contributed by atoms with Crippen molar-refractivity contribution in [2.45, 2.75) is 19.9 Å². The van der Waals surface area contributed by atoms with Crippen LogP contribution in [0.4, 0.5) is 0 Å². The SMILES string of the molecule is CC(C)[C@@H](NC(=O)c1cc(-c2ccco2)[nH]n1)C(=O)O. The van der Waals surface area contributed by atoms with Gasteiger partial charge in [-0.25, -0.2) is 4.79 Å². The number of hydrogen-bond donors (Lipinski definition) is 3. The molecule has 0 aliphatic rings. The zero-order chi connectivity index (χ0) is 14.7. The average molecular weight is 277 g/mol. The van der Waals surface area contributed by atoms with Crippen molar-refractivity contribution in [3.05, 3.63) is 30.2 Å². The molecule has 0 aliphatic heterocycles. The number of carboxylic acid groups (broad SMARTS) is 1. The second-order valence-electron chi connectivity index (χ2n) is 4.68. The molecule has 0 saturated carbocycles. The van der Waals surface area contributed by atoms with E-state index in [9.17, 15) is 9.59 Å². The van der Waals surface area contributed by atoms with Crippen molar-refractivity contribution in [2.75, 3.05) is 0 Å². The number of carboxylic acids is 1. The number of carbonyl (C=O) groups is 2. The first-order chi connectivity index (χ1) is 9.49. The van der Waals surface area contributed by atoms with Gasteiger partial charge >= 0.3 is 5.97 Å². The van der Waals surface area contributed by atoms with Crippen LogP contribution in [0, 0.1) is 5.92 Å². The van der Waals surface area contributed by atoms with Crippen molar-refractivity contribution in [3.63, 3.8) is 0 Å². The third kappa shape index (κ3) is 2.87. The molecule has 106 valence electrons. The summed E-state index contributed by atoms with van der Waals surface area (Å²) in [7, 11) is 0. The summed E-state index contributed by atoms with van der Waals surface area (Å²) in [5, 5.41) is 18.0. The summed E-state index contributed by atoms with van der Waals surface area (Å²) in [4.78, 5) is 23.0. The molecule has 7 nitrogen and oxygen atoms in total. The molecule has 0 aliphatic carbocycles. The average Bonchev–Trinajstić information content (AvgIpc) is 3.04. The van der Waals surface area contributed by atoms with Gasteiger partial charge in [0.15, 0.2) is 11.5 Å². The lowest BCUT2D eigenvalue weighted by Gasteiger charge is -2.16. The summed E-state index contributed by atoms with van der Waals surface area (Å²) >= 11 is 0. The fourth-order valence-electron chi connectivity index (χ4n) is 1.72. The summed E-state index contributed by atoms with van der Waals surface area (Å²) in [6.07, 6.45) is 1.51. The van der Waals surface area contributed by atoms with E-state index >= 15 is 0 Å². The lowest BCUT2D eigenvalue weighted by atomic mass is 10.0. The minimum Gasteiger partial charge on any atom is -0.480 e. The third-order valence-corrected chi connectivity index (χ3v) is 2.82. The standard InChI is InChI=1S/C13H15N3O4/c1-7(2)11(13(18)19)14-12(17)9-6-8(15-16-9)10-4-3-5-20-10/h3-7,11H,1-2H3,(H,14,17)(H,15,16)(H,18,19)/t11-/m1/s1. The van der Waals surface area contributed by atoms with Crippen LogP contribution in [0.1, 0.15) is 24.3 Å². The molecule has 2 aromatic heterocycles. The number of aliphatic carboxylic acids is 1. The molecule has 0 aromatic carbocycles. The molecule has 1 atom stereocenters. The van der Waals surface area contributed by atoms with E-state index in [0.717, 1.165) is 0 Å². The number of furan rings is 1. The molecule has 2 aromatic rings. The Kier molecular flexibility index (Phi) is 3.88. The molecule has 2 rings (SSSR count). The molecule has 0 spiro atoms. The second kappa shape index (κ2) is 5.60. The van der Waals surface area contributed by atoms with Crippen LogP contribution in [0.2, 0.25) is 0 Å². The van der Waals surface area contributed by atoms with Gasteiger partial charge in [0.05, 0.1) is 6.26 Å². The van der Waals surface area contributed by atoms with Gasteiger partial charge in [-0.05, 0) is 18.1 Å². The fourth-order valence-corrected chi connectivity index (χ4v) is 1.72. The quantitative estimate of drug-likeness (QED) is 0.767. The smallest absolute Gasteiger partial charge is 0.326 e. The van der Waals surface area contributed by atoms with Gasteiger partial charge in [0, 0.05) is 6.07 Å². The Bertz CT molecular complexity index is 601. The van der Waals surface area contributed by atoms with Crippen molar-refractivity contribution in [1.82, 2.24) is 15.5 Å². The Morgan fingerprint density at radius 1 is 1.45 bits per heavy atom. The maximum Gasteiger partial charge on any atom is 0.326 e. The van der Waals surface area contributed by atoms with E-state index in [2.05, 4.69) is 15.5 Å². The van der Waals surface area contributed by atoms with Gasteiger partial charge in [-0.3, -0.25) is 9.89 Å². The predicted molar refractivity (Wildman–Crippen MR) is 70.0 cm³/mol. The highest BCUT2D eigenvalue weighted by Crippen LogP contribution is 2.17. The van der Waals surface area contributed by atoms with E-state index < -0.39 is 17.9 Å². The Morgan fingerprint density at radius 2 is 2.20 bits per heavy atom. The normalized spacial score (nSPS) is 12.3. The molecule has 0 unspecified atom stereocenters. The molecular weight excluding hydrogens is 262 g/mol. The summed E-state index contributed by atoms with van der Waals surface area (Å²) in [6.45, 7) is 3.44. The first-order valence-electron chi connectivity index (χ1n) is 6.12. The number of carbonyl (C=O) groups excluding carboxylic acids is 1. The summed E-state index contributed by atoms with van der Waals surface area (Å²) in [5.74, 6) is -1.29. The fraction of sp³-hybridized carbons (Fsp3) is 0.308. The van der Waals surface area contributed by atoms with Gasteiger partial charge in [-0.2, -0.15) is 5.10 Å². The molecule has 1 amide bonds. The van der Waals surface area contributed by atoms with Crippen LogP contribution in [0.5, 0.6) is 0 Å². The van der Waals surface area contributed by atoms with Crippen LogP contribution in [0.25, 0.3) is 11.5 Å². The minimum absolute atomic E-state index is 0.114. The molecule has 7 heteroatoms. The third-order valence-electron chi connectivity index (χ3n) is 2.82. The second-order valence-corrected chi connectivity index (χ2v) is 4.68. The van der Waals surface area contributed by atoms with Crippen LogP contribution >= 0.6 is 0 Å². The van der Waals surface area contributed by atoms with Gasteiger partial charge in [-0.15, -0.1) is 0 Å². The van der Waals surface area contributed by atoms with Crippen molar-refractivity contribution in [3.8, 4) is 11.5 Å². The van der Waals surface area contributed by atoms with Crippen LogP contribution in [-0.2, 0) is 4.79 Å². The first kappa shape index (κ1) is 13.9. The Balaban J connectivity index is 2.12. The lowest BCUT2D eigenvalue weighted by molar-refractivity contribution is -0.140. The zero-order valence-corrected chi connectivity index (χ0v) is 11.1. The monoisotopic (exact) mass is 277 g/mol. The summed E-state index contributed by atoms with van der Waals surface area (Å²) < 4.78 is 5.17. The largest absolute Gasteiger partial charge is 0.480 e. The molecule has 20 heavy (non-hydrogen) atoms. The van der Waals surface area contributed by atoms with E-state index in [0.29, 0.717) is 11.5 Å². The Morgan fingerprint density at radius 3 is 2.75 bits per heavy atom. The lowest BCUT2D eigenvalue weighted by Crippen LogP contribution is -2.44. The molecule has 0 radical (unpaired) electrons. The topological polar surface area (TPSA) is 108 Å². The molecule has 0 bridgehead atoms. The van der Waals surface area contributed by atoms with Crippen molar-refractivity contribution >= 4 is 11.9 Å². The molecule has 2 heterocycles. The number of nitrogens with zero attached hydrogens (tertiary/aromatic N) is 1. The maximum atomic E-state index is 12.0. The molecular formula is C13H15N3O4. The van der Waals surface area contributed by atoms with Gasteiger partial charge in [0.1, 0.15) is 11.7 Å². The Labute approximate surface area is 115 Å². The number of rotatable bonds is 5. The van der Waals surface area contributed by atoms with E-state index in [-0.39, 0.29) is 11.6 Å². The minimum atomic E-state index is -1.07. The van der Waals surface area contributed by atoms with Crippen LogP contribution < -0.4 is 5.32 Å².